The maximum absolute atomic E-state index is 12.9. The zero-order valence-electron chi connectivity index (χ0n) is 52.1. The Morgan fingerprint density at radius 1 is 0.211 bits per heavy atom. The molecule has 0 saturated carbocycles. The van der Waals surface area contributed by atoms with Crippen molar-refractivity contribution in [3.8, 4) is 0 Å². The molecule has 0 bridgehead atoms. The Morgan fingerprint density at radius 2 is 0.355 bits per heavy atom. The molecule has 0 aliphatic carbocycles. The summed E-state index contributed by atoms with van der Waals surface area (Å²) in [6.45, 7) is 6.73. The van der Waals surface area contributed by atoms with Gasteiger partial charge >= 0.3 is 17.9 Å². The van der Waals surface area contributed by atoms with Gasteiger partial charge in [0.05, 0.1) is 0 Å². The molecule has 0 heterocycles. The molecule has 0 aromatic heterocycles. The van der Waals surface area contributed by atoms with E-state index in [2.05, 4.69) is 20.8 Å². The molecule has 0 aromatic carbocycles. The number of unbranched alkanes of at least 4 members (excludes halogenated alkanes) is 55. The molecule has 0 amide bonds. The second-order valence-corrected chi connectivity index (χ2v) is 24.2. The summed E-state index contributed by atoms with van der Waals surface area (Å²) in [5.74, 6) is -0.824. The number of carbonyl (C=O) groups is 3. The lowest BCUT2D eigenvalue weighted by Crippen LogP contribution is -2.30. The second kappa shape index (κ2) is 65.9. The zero-order valence-corrected chi connectivity index (χ0v) is 52.1. The summed E-state index contributed by atoms with van der Waals surface area (Å²) in [6.07, 6.45) is 77.1. The van der Waals surface area contributed by atoms with E-state index >= 15 is 0 Å². The molecule has 0 rings (SSSR count). The van der Waals surface area contributed by atoms with Crippen molar-refractivity contribution in [2.45, 2.75) is 419 Å². The Kier molecular flexibility index (Phi) is 64.5. The van der Waals surface area contributed by atoms with Crippen LogP contribution in [0.3, 0.4) is 0 Å². The van der Waals surface area contributed by atoms with E-state index in [0.29, 0.717) is 19.3 Å². The highest BCUT2D eigenvalue weighted by molar-refractivity contribution is 5.71. The molecule has 1 unspecified atom stereocenters. The number of rotatable bonds is 66. The molecule has 6 heteroatoms. The van der Waals surface area contributed by atoms with E-state index in [1.807, 2.05) is 0 Å². The van der Waals surface area contributed by atoms with Crippen LogP contribution in [0.25, 0.3) is 0 Å². The quantitative estimate of drug-likeness (QED) is 0.0343. The van der Waals surface area contributed by atoms with Gasteiger partial charge in [0.15, 0.2) is 6.10 Å². The summed E-state index contributed by atoms with van der Waals surface area (Å²) in [7, 11) is 0. The Bertz CT molecular complexity index is 1140. The van der Waals surface area contributed by atoms with Crippen molar-refractivity contribution in [1.29, 1.82) is 0 Å². The predicted octanol–water partition coefficient (Wildman–Crippen LogP) is 23.8. The maximum Gasteiger partial charge on any atom is 0.306 e. The number of esters is 3. The Labute approximate surface area is 476 Å². The summed E-state index contributed by atoms with van der Waals surface area (Å²) in [4.78, 5) is 38.3. The van der Waals surface area contributed by atoms with E-state index in [1.54, 1.807) is 0 Å². The molecule has 0 N–H and O–H groups in total. The molecule has 0 aromatic rings. The first kappa shape index (κ1) is 74.4. The van der Waals surface area contributed by atoms with Crippen LogP contribution < -0.4 is 0 Å². The average molecular weight is 1070 g/mol. The highest BCUT2D eigenvalue weighted by Gasteiger charge is 2.19. The lowest BCUT2D eigenvalue weighted by Gasteiger charge is -2.18. The van der Waals surface area contributed by atoms with Crippen LogP contribution in [-0.4, -0.2) is 37.2 Å². The SMILES string of the molecule is CCCCCCCCCCCCCCCCCCCCCCCCCCCCCCC(=O)OCC(COC(=O)CCCCCCCCCCCCC)OC(=O)CCCCCCCCCCCCCCCCCCCCC. The van der Waals surface area contributed by atoms with Gasteiger partial charge in [-0.3, -0.25) is 14.4 Å². The summed E-state index contributed by atoms with van der Waals surface area (Å²) in [5, 5.41) is 0. The normalized spacial score (nSPS) is 11.9. The molecule has 0 radical (unpaired) electrons. The molecule has 0 spiro atoms. The minimum atomic E-state index is -0.762. The summed E-state index contributed by atoms with van der Waals surface area (Å²) < 4.78 is 17.0. The molecule has 6 nitrogen and oxygen atoms in total. The monoisotopic (exact) mass is 1070 g/mol. The number of hydrogen-bond donors (Lipinski definition) is 0. The van der Waals surface area contributed by atoms with Gasteiger partial charge in [-0.15, -0.1) is 0 Å². The average Bonchev–Trinajstić information content (AvgIpc) is 3.42. The fourth-order valence-corrected chi connectivity index (χ4v) is 11.1. The van der Waals surface area contributed by atoms with Crippen LogP contribution in [0.5, 0.6) is 0 Å². The van der Waals surface area contributed by atoms with Gasteiger partial charge in [-0.1, -0.05) is 374 Å². The van der Waals surface area contributed by atoms with Crippen LogP contribution in [0.15, 0.2) is 0 Å². The van der Waals surface area contributed by atoms with E-state index in [9.17, 15) is 14.4 Å². The summed E-state index contributed by atoms with van der Waals surface area (Å²) in [5.41, 5.74) is 0. The Hall–Kier alpha value is -1.59. The van der Waals surface area contributed by atoms with Gasteiger partial charge in [0.2, 0.25) is 0 Å². The Morgan fingerprint density at radius 3 is 0.526 bits per heavy atom. The molecular weight excluding hydrogens is 937 g/mol. The topological polar surface area (TPSA) is 78.9 Å². The van der Waals surface area contributed by atoms with Crippen LogP contribution >= 0.6 is 0 Å². The number of ether oxygens (including phenoxy) is 3. The van der Waals surface area contributed by atoms with Crippen molar-refractivity contribution >= 4 is 17.9 Å². The minimum Gasteiger partial charge on any atom is -0.462 e. The van der Waals surface area contributed by atoms with Gasteiger partial charge in [0, 0.05) is 19.3 Å². The molecule has 0 saturated heterocycles. The van der Waals surface area contributed by atoms with Crippen molar-refractivity contribution in [3.63, 3.8) is 0 Å². The number of carbonyl (C=O) groups excluding carboxylic acids is 3. The fourth-order valence-electron chi connectivity index (χ4n) is 11.1. The molecule has 76 heavy (non-hydrogen) atoms. The van der Waals surface area contributed by atoms with Gasteiger partial charge in [-0.05, 0) is 19.3 Å². The van der Waals surface area contributed by atoms with Crippen LogP contribution in [-0.2, 0) is 28.6 Å². The molecule has 452 valence electrons. The predicted molar refractivity (Wildman–Crippen MR) is 330 cm³/mol. The third-order valence-corrected chi connectivity index (χ3v) is 16.4. The standard InChI is InChI=1S/C70H136O6/c1-4-7-10-13-16-19-22-24-26-28-30-31-32-33-34-35-36-37-38-40-41-43-45-48-51-54-57-60-63-69(72)75-66-67(65-74-68(71)62-59-56-53-50-47-21-18-15-12-9-6-3)76-70(73)64-61-58-55-52-49-46-44-42-39-29-27-25-23-20-17-14-11-8-5-2/h67H,4-66H2,1-3H3. The van der Waals surface area contributed by atoms with Crippen LogP contribution in [0, 0.1) is 0 Å². The van der Waals surface area contributed by atoms with Crippen LogP contribution in [0.1, 0.15) is 412 Å². The fraction of sp³-hybridized carbons (Fsp3) is 0.957. The van der Waals surface area contributed by atoms with E-state index in [1.165, 1.54) is 315 Å². The minimum absolute atomic E-state index is 0.0605. The second-order valence-electron chi connectivity index (χ2n) is 24.2. The van der Waals surface area contributed by atoms with Gasteiger partial charge in [-0.2, -0.15) is 0 Å². The molecule has 0 aliphatic rings. The first-order valence-corrected chi connectivity index (χ1v) is 35.0. The molecular formula is C70H136O6. The van der Waals surface area contributed by atoms with Crippen molar-refractivity contribution in [2.75, 3.05) is 13.2 Å². The highest BCUT2D eigenvalue weighted by Crippen LogP contribution is 2.19. The smallest absolute Gasteiger partial charge is 0.306 e. The maximum atomic E-state index is 12.9. The summed E-state index contributed by atoms with van der Waals surface area (Å²) in [6, 6.07) is 0. The molecule has 1 atom stereocenters. The third-order valence-electron chi connectivity index (χ3n) is 16.4. The van der Waals surface area contributed by atoms with Gasteiger partial charge < -0.3 is 14.2 Å². The summed E-state index contributed by atoms with van der Waals surface area (Å²) >= 11 is 0. The highest BCUT2D eigenvalue weighted by atomic mass is 16.6. The first-order chi connectivity index (χ1) is 37.5. The van der Waals surface area contributed by atoms with Crippen molar-refractivity contribution in [1.82, 2.24) is 0 Å². The number of hydrogen-bond acceptors (Lipinski definition) is 6. The first-order valence-electron chi connectivity index (χ1n) is 35.0. The van der Waals surface area contributed by atoms with Gasteiger partial charge in [0.1, 0.15) is 13.2 Å². The van der Waals surface area contributed by atoms with Crippen molar-refractivity contribution in [2.24, 2.45) is 0 Å². The Balaban J connectivity index is 4.11. The van der Waals surface area contributed by atoms with Crippen LogP contribution in [0.4, 0.5) is 0 Å². The van der Waals surface area contributed by atoms with E-state index in [4.69, 9.17) is 14.2 Å². The molecule has 0 aliphatic heterocycles. The van der Waals surface area contributed by atoms with Gasteiger partial charge in [-0.25, -0.2) is 0 Å². The van der Waals surface area contributed by atoms with Crippen LogP contribution in [0.2, 0.25) is 0 Å². The lowest BCUT2D eigenvalue weighted by atomic mass is 10.0. The van der Waals surface area contributed by atoms with Gasteiger partial charge in [0.25, 0.3) is 0 Å². The largest absolute Gasteiger partial charge is 0.462 e. The lowest BCUT2D eigenvalue weighted by molar-refractivity contribution is -0.167. The van der Waals surface area contributed by atoms with Crippen molar-refractivity contribution < 1.29 is 28.6 Å². The van der Waals surface area contributed by atoms with E-state index in [0.717, 1.165) is 57.8 Å². The molecule has 0 fully saturated rings. The van der Waals surface area contributed by atoms with E-state index < -0.39 is 6.10 Å². The third kappa shape index (κ3) is 63.2. The van der Waals surface area contributed by atoms with Crippen molar-refractivity contribution in [3.05, 3.63) is 0 Å². The zero-order chi connectivity index (χ0) is 55.0. The van der Waals surface area contributed by atoms with E-state index in [-0.39, 0.29) is 31.1 Å².